The van der Waals surface area contributed by atoms with Gasteiger partial charge in [0.1, 0.15) is 5.82 Å². The number of nitrogens with one attached hydrogen (secondary N) is 3. The van der Waals surface area contributed by atoms with Crippen molar-refractivity contribution in [3.05, 3.63) is 6.20 Å². The van der Waals surface area contributed by atoms with Crippen LogP contribution in [0.1, 0.15) is 13.3 Å². The van der Waals surface area contributed by atoms with Gasteiger partial charge in [-0.2, -0.15) is 15.1 Å². The normalized spacial score (nSPS) is 10.5. The molecule has 7 heteroatoms. The van der Waals surface area contributed by atoms with E-state index in [1.54, 1.807) is 6.20 Å². The Morgan fingerprint density at radius 3 is 3.07 bits per heavy atom. The van der Waals surface area contributed by atoms with Gasteiger partial charge < -0.3 is 5.32 Å². The lowest BCUT2D eigenvalue weighted by Crippen LogP contribution is -2.12. The van der Waals surface area contributed by atoms with Crippen LogP contribution in [0.4, 0.5) is 11.8 Å². The zero-order valence-electron chi connectivity index (χ0n) is 8.41. The van der Waals surface area contributed by atoms with Gasteiger partial charge in [0.2, 0.25) is 5.95 Å². The molecule has 0 aromatic carbocycles. The van der Waals surface area contributed by atoms with Crippen LogP contribution in [0.15, 0.2) is 6.20 Å². The molecule has 80 valence electrons. The van der Waals surface area contributed by atoms with Crippen molar-refractivity contribution in [2.75, 3.05) is 17.3 Å². The van der Waals surface area contributed by atoms with E-state index in [1.165, 1.54) is 0 Å². The Morgan fingerprint density at radius 1 is 1.47 bits per heavy atom. The van der Waals surface area contributed by atoms with Crippen molar-refractivity contribution in [2.45, 2.75) is 13.3 Å². The van der Waals surface area contributed by atoms with E-state index >= 15 is 0 Å². The third-order valence-electron chi connectivity index (χ3n) is 1.98. The summed E-state index contributed by atoms with van der Waals surface area (Å²) in [4.78, 5) is 8.33. The van der Waals surface area contributed by atoms with E-state index in [4.69, 9.17) is 5.84 Å². The highest BCUT2D eigenvalue weighted by Crippen LogP contribution is 2.19. The summed E-state index contributed by atoms with van der Waals surface area (Å²) in [6.07, 6.45) is 2.71. The van der Waals surface area contributed by atoms with Gasteiger partial charge in [-0.05, 0) is 6.42 Å². The monoisotopic (exact) mass is 207 g/mol. The van der Waals surface area contributed by atoms with Gasteiger partial charge in [0, 0.05) is 6.54 Å². The fourth-order valence-corrected chi connectivity index (χ4v) is 1.28. The van der Waals surface area contributed by atoms with Gasteiger partial charge >= 0.3 is 0 Å². The zero-order chi connectivity index (χ0) is 10.7. The first-order valence-corrected chi connectivity index (χ1v) is 4.76. The first kappa shape index (κ1) is 9.66. The number of H-pyrrole nitrogens is 1. The Kier molecular flexibility index (Phi) is 2.64. The maximum Gasteiger partial charge on any atom is 0.241 e. The third-order valence-corrected chi connectivity index (χ3v) is 1.98. The number of rotatable bonds is 4. The summed E-state index contributed by atoms with van der Waals surface area (Å²) in [5.41, 5.74) is 3.08. The van der Waals surface area contributed by atoms with Gasteiger partial charge in [0.05, 0.1) is 11.6 Å². The smallest absolute Gasteiger partial charge is 0.241 e. The Hall–Kier alpha value is -1.89. The van der Waals surface area contributed by atoms with E-state index in [-0.39, 0.29) is 0 Å². The first-order chi connectivity index (χ1) is 7.35. The first-order valence-electron chi connectivity index (χ1n) is 4.76. The second kappa shape index (κ2) is 4.09. The molecule has 2 heterocycles. The molecule has 5 N–H and O–H groups in total. The summed E-state index contributed by atoms with van der Waals surface area (Å²) < 4.78 is 0. The Labute approximate surface area is 86.5 Å². The number of fused-ring (bicyclic) bond motifs is 1. The average molecular weight is 207 g/mol. The minimum absolute atomic E-state index is 0.366. The van der Waals surface area contributed by atoms with Gasteiger partial charge in [0.25, 0.3) is 0 Å². The van der Waals surface area contributed by atoms with Gasteiger partial charge in [-0.25, -0.2) is 5.84 Å². The second-order valence-corrected chi connectivity index (χ2v) is 3.10. The summed E-state index contributed by atoms with van der Waals surface area (Å²) in [5.74, 6) is 6.38. The molecule has 2 rings (SSSR count). The highest BCUT2D eigenvalue weighted by Gasteiger charge is 2.07. The molecular weight excluding hydrogens is 194 g/mol. The SMILES string of the molecule is CCCNc1nc(NN)nc2[nH]ncc12. The molecule has 0 spiro atoms. The lowest BCUT2D eigenvalue weighted by atomic mass is 10.4. The summed E-state index contributed by atoms with van der Waals surface area (Å²) in [7, 11) is 0. The summed E-state index contributed by atoms with van der Waals surface area (Å²) in [6.45, 7) is 2.93. The number of hydrazine groups is 1. The molecule has 0 fully saturated rings. The highest BCUT2D eigenvalue weighted by molar-refractivity contribution is 5.86. The van der Waals surface area contributed by atoms with E-state index in [0.717, 1.165) is 24.2 Å². The van der Waals surface area contributed by atoms with Gasteiger partial charge in [-0.3, -0.25) is 10.5 Å². The molecule has 15 heavy (non-hydrogen) atoms. The minimum atomic E-state index is 0.366. The maximum atomic E-state index is 5.27. The predicted molar refractivity (Wildman–Crippen MR) is 58.3 cm³/mol. The third kappa shape index (κ3) is 1.82. The fourth-order valence-electron chi connectivity index (χ4n) is 1.28. The molecule has 0 atom stereocenters. The molecule has 2 aromatic heterocycles. The number of nitrogens with zero attached hydrogens (tertiary/aromatic N) is 3. The Morgan fingerprint density at radius 2 is 2.33 bits per heavy atom. The molecule has 0 aliphatic heterocycles. The van der Waals surface area contributed by atoms with E-state index in [2.05, 4.69) is 37.8 Å². The Balaban J connectivity index is 2.43. The lowest BCUT2D eigenvalue weighted by Gasteiger charge is -2.06. The van der Waals surface area contributed by atoms with Crippen LogP contribution in [0, 0.1) is 0 Å². The average Bonchev–Trinajstić information content (AvgIpc) is 2.73. The topological polar surface area (TPSA) is 105 Å². The quantitative estimate of drug-likeness (QED) is 0.429. The number of nitrogen functional groups attached to an aromatic ring is 1. The number of hydrogen-bond acceptors (Lipinski definition) is 6. The standard InChI is InChI=1S/C8H13N7/c1-2-3-10-6-5-4-11-15-7(5)13-8(12-6)14-9/h4H,2-3,9H2,1H3,(H3,10,11,12,13,14,15). The Bertz CT molecular complexity index is 449. The number of anilines is 2. The fraction of sp³-hybridized carbons (Fsp3) is 0.375. The van der Waals surface area contributed by atoms with Crippen LogP contribution >= 0.6 is 0 Å². The van der Waals surface area contributed by atoms with Crippen LogP contribution in [0.5, 0.6) is 0 Å². The van der Waals surface area contributed by atoms with Crippen molar-refractivity contribution >= 4 is 22.8 Å². The van der Waals surface area contributed by atoms with Crippen LogP contribution in [-0.2, 0) is 0 Å². The largest absolute Gasteiger partial charge is 0.369 e. The molecule has 0 radical (unpaired) electrons. The molecule has 0 amide bonds. The van der Waals surface area contributed by atoms with E-state index in [9.17, 15) is 0 Å². The number of aromatic nitrogens is 4. The summed E-state index contributed by atoms with van der Waals surface area (Å²) in [5, 5.41) is 10.7. The van der Waals surface area contributed by atoms with Gasteiger partial charge in [-0.1, -0.05) is 6.92 Å². The summed E-state index contributed by atoms with van der Waals surface area (Å²) in [6, 6.07) is 0. The predicted octanol–water partition coefficient (Wildman–Crippen LogP) is 0.460. The molecule has 0 aliphatic carbocycles. The number of hydrogen-bond donors (Lipinski definition) is 4. The van der Waals surface area contributed by atoms with Gasteiger partial charge in [0.15, 0.2) is 5.65 Å². The van der Waals surface area contributed by atoms with Crippen LogP contribution in [-0.4, -0.2) is 26.7 Å². The molecule has 0 unspecified atom stereocenters. The van der Waals surface area contributed by atoms with E-state index in [1.807, 2.05) is 0 Å². The molecule has 0 bridgehead atoms. The number of aromatic amines is 1. The van der Waals surface area contributed by atoms with Crippen molar-refractivity contribution in [3.63, 3.8) is 0 Å². The maximum absolute atomic E-state index is 5.27. The molecule has 0 aliphatic rings. The lowest BCUT2D eigenvalue weighted by molar-refractivity contribution is 0.969. The van der Waals surface area contributed by atoms with Crippen LogP contribution in [0.25, 0.3) is 11.0 Å². The van der Waals surface area contributed by atoms with Crippen LogP contribution < -0.4 is 16.6 Å². The molecular formula is C8H13N7. The number of nitrogens with two attached hydrogens (primary N) is 1. The van der Waals surface area contributed by atoms with E-state index in [0.29, 0.717) is 11.6 Å². The van der Waals surface area contributed by atoms with Crippen molar-refractivity contribution in [1.82, 2.24) is 20.2 Å². The second-order valence-electron chi connectivity index (χ2n) is 3.10. The van der Waals surface area contributed by atoms with Crippen molar-refractivity contribution < 1.29 is 0 Å². The van der Waals surface area contributed by atoms with E-state index < -0.39 is 0 Å². The molecule has 0 saturated heterocycles. The van der Waals surface area contributed by atoms with Crippen molar-refractivity contribution in [1.29, 1.82) is 0 Å². The van der Waals surface area contributed by atoms with Crippen molar-refractivity contribution in [3.8, 4) is 0 Å². The highest BCUT2D eigenvalue weighted by atomic mass is 15.3. The molecule has 0 saturated carbocycles. The van der Waals surface area contributed by atoms with Crippen LogP contribution in [0.2, 0.25) is 0 Å². The minimum Gasteiger partial charge on any atom is -0.369 e. The zero-order valence-corrected chi connectivity index (χ0v) is 8.41. The molecule has 7 nitrogen and oxygen atoms in total. The van der Waals surface area contributed by atoms with Crippen LogP contribution in [0.3, 0.4) is 0 Å². The molecule has 2 aromatic rings. The summed E-state index contributed by atoms with van der Waals surface area (Å²) >= 11 is 0. The van der Waals surface area contributed by atoms with Crippen molar-refractivity contribution in [2.24, 2.45) is 5.84 Å². The van der Waals surface area contributed by atoms with Gasteiger partial charge in [-0.15, -0.1) is 0 Å².